The summed E-state index contributed by atoms with van der Waals surface area (Å²) in [4.78, 5) is 17.1. The van der Waals surface area contributed by atoms with Crippen LogP contribution in [0.4, 0.5) is 5.69 Å². The van der Waals surface area contributed by atoms with E-state index in [1.807, 2.05) is 0 Å². The lowest BCUT2D eigenvalue weighted by Gasteiger charge is -2.26. The second kappa shape index (κ2) is 5.65. The number of hydrogen-bond donors (Lipinski definition) is 1. The van der Waals surface area contributed by atoms with Crippen LogP contribution >= 0.6 is 0 Å². The SMILES string of the molecule is O=[N+]([O-])c1cc(CN2CCCCC2)c(O)c2cccnc12. The van der Waals surface area contributed by atoms with Crippen LogP contribution in [0.15, 0.2) is 24.4 Å². The number of non-ortho nitro benzene ring substituents is 1. The summed E-state index contributed by atoms with van der Waals surface area (Å²) in [6, 6.07) is 4.81. The molecule has 110 valence electrons. The van der Waals surface area contributed by atoms with E-state index < -0.39 is 4.92 Å². The Labute approximate surface area is 122 Å². The van der Waals surface area contributed by atoms with Gasteiger partial charge in [0.05, 0.1) is 4.92 Å². The zero-order chi connectivity index (χ0) is 14.8. The summed E-state index contributed by atoms with van der Waals surface area (Å²) in [6.07, 6.45) is 5.00. The molecule has 0 amide bonds. The number of pyridine rings is 1. The standard InChI is InChI=1S/C15H17N3O3/c19-15-11(10-17-7-2-1-3-8-17)9-13(18(20)21)14-12(15)5-4-6-16-14/h4-6,9,19H,1-3,7-8,10H2. The topological polar surface area (TPSA) is 79.5 Å². The first-order valence-corrected chi connectivity index (χ1v) is 7.13. The van der Waals surface area contributed by atoms with E-state index in [0.717, 1.165) is 25.9 Å². The first-order valence-electron chi connectivity index (χ1n) is 7.13. The molecule has 0 bridgehead atoms. The maximum atomic E-state index is 11.2. The Bertz CT molecular complexity index is 681. The molecule has 2 aromatic rings. The lowest BCUT2D eigenvalue weighted by molar-refractivity contribution is -0.383. The minimum atomic E-state index is -0.436. The van der Waals surface area contributed by atoms with Crippen LogP contribution in [0.1, 0.15) is 24.8 Å². The Morgan fingerprint density at radius 1 is 1.33 bits per heavy atom. The zero-order valence-corrected chi connectivity index (χ0v) is 11.7. The number of phenolic OH excluding ortho intramolecular Hbond substituents is 1. The van der Waals surface area contributed by atoms with Crippen LogP contribution in [-0.2, 0) is 6.54 Å². The molecule has 6 heteroatoms. The Hall–Kier alpha value is -2.21. The lowest BCUT2D eigenvalue weighted by Crippen LogP contribution is -2.29. The second-order valence-corrected chi connectivity index (χ2v) is 5.40. The van der Waals surface area contributed by atoms with E-state index in [2.05, 4.69) is 9.88 Å². The van der Waals surface area contributed by atoms with Crippen LogP contribution in [0.2, 0.25) is 0 Å². The average molecular weight is 287 g/mol. The summed E-state index contributed by atoms with van der Waals surface area (Å²) in [5.41, 5.74) is 0.793. The summed E-state index contributed by atoms with van der Waals surface area (Å²) >= 11 is 0. The molecule has 1 aromatic heterocycles. The second-order valence-electron chi connectivity index (χ2n) is 5.40. The van der Waals surface area contributed by atoms with Crippen molar-refractivity contribution < 1.29 is 10.0 Å². The van der Waals surface area contributed by atoms with E-state index in [1.54, 1.807) is 12.1 Å². The van der Waals surface area contributed by atoms with Crippen LogP contribution in [0, 0.1) is 10.1 Å². The Balaban J connectivity index is 2.05. The van der Waals surface area contributed by atoms with Crippen LogP contribution in [-0.4, -0.2) is 33.0 Å². The monoisotopic (exact) mass is 287 g/mol. The first-order chi connectivity index (χ1) is 10.2. The number of aromatic nitrogens is 1. The van der Waals surface area contributed by atoms with E-state index in [0.29, 0.717) is 17.5 Å². The van der Waals surface area contributed by atoms with Gasteiger partial charge in [0, 0.05) is 29.8 Å². The number of aromatic hydroxyl groups is 1. The minimum Gasteiger partial charge on any atom is -0.507 e. The van der Waals surface area contributed by atoms with Gasteiger partial charge in [-0.1, -0.05) is 6.42 Å². The highest BCUT2D eigenvalue weighted by molar-refractivity contribution is 5.93. The summed E-state index contributed by atoms with van der Waals surface area (Å²) in [6.45, 7) is 2.48. The van der Waals surface area contributed by atoms with Crippen molar-refractivity contribution in [2.45, 2.75) is 25.8 Å². The van der Waals surface area contributed by atoms with E-state index in [-0.39, 0.29) is 17.0 Å². The number of nitrogens with zero attached hydrogens (tertiary/aromatic N) is 3. The molecule has 0 aliphatic carbocycles. The van der Waals surface area contributed by atoms with Gasteiger partial charge in [0.15, 0.2) is 5.52 Å². The number of likely N-dealkylation sites (tertiary alicyclic amines) is 1. The van der Waals surface area contributed by atoms with E-state index >= 15 is 0 Å². The van der Waals surface area contributed by atoms with Gasteiger partial charge in [-0.25, -0.2) is 4.98 Å². The van der Waals surface area contributed by atoms with Gasteiger partial charge < -0.3 is 5.11 Å². The van der Waals surface area contributed by atoms with Gasteiger partial charge in [-0.2, -0.15) is 0 Å². The molecule has 1 N–H and O–H groups in total. The molecular formula is C15H17N3O3. The molecule has 0 spiro atoms. The fourth-order valence-electron chi connectivity index (χ4n) is 2.89. The normalized spacial score (nSPS) is 16.2. The zero-order valence-electron chi connectivity index (χ0n) is 11.7. The molecular weight excluding hydrogens is 270 g/mol. The molecule has 1 aliphatic rings. The molecule has 21 heavy (non-hydrogen) atoms. The number of nitro benzene ring substituents is 1. The molecule has 0 unspecified atom stereocenters. The predicted molar refractivity (Wildman–Crippen MR) is 79.2 cm³/mol. The number of hydrogen-bond acceptors (Lipinski definition) is 5. The van der Waals surface area contributed by atoms with Crippen LogP contribution in [0.5, 0.6) is 5.75 Å². The third kappa shape index (κ3) is 2.67. The summed E-state index contributed by atoms with van der Waals surface area (Å²) in [5, 5.41) is 22.1. The van der Waals surface area contributed by atoms with Crippen molar-refractivity contribution in [3.63, 3.8) is 0 Å². The Morgan fingerprint density at radius 3 is 2.81 bits per heavy atom. The number of benzene rings is 1. The highest BCUT2D eigenvalue weighted by atomic mass is 16.6. The minimum absolute atomic E-state index is 0.0459. The third-order valence-electron chi connectivity index (χ3n) is 3.96. The highest BCUT2D eigenvalue weighted by Gasteiger charge is 2.21. The smallest absolute Gasteiger partial charge is 0.296 e. The lowest BCUT2D eigenvalue weighted by atomic mass is 10.0. The number of piperidine rings is 1. The fourth-order valence-corrected chi connectivity index (χ4v) is 2.89. The van der Waals surface area contributed by atoms with Gasteiger partial charge in [-0.3, -0.25) is 15.0 Å². The Morgan fingerprint density at radius 2 is 2.10 bits per heavy atom. The molecule has 1 aliphatic heterocycles. The number of phenols is 1. The van der Waals surface area contributed by atoms with E-state index in [9.17, 15) is 15.2 Å². The highest BCUT2D eigenvalue weighted by Crippen LogP contribution is 2.35. The van der Waals surface area contributed by atoms with Gasteiger partial charge in [-0.15, -0.1) is 0 Å². The van der Waals surface area contributed by atoms with Crippen molar-refractivity contribution in [3.8, 4) is 5.75 Å². The molecule has 6 nitrogen and oxygen atoms in total. The maximum Gasteiger partial charge on any atom is 0.296 e. The molecule has 2 heterocycles. The summed E-state index contributed by atoms with van der Waals surface area (Å²) < 4.78 is 0. The maximum absolute atomic E-state index is 11.2. The summed E-state index contributed by atoms with van der Waals surface area (Å²) in [5.74, 6) is 0.106. The molecule has 1 saturated heterocycles. The van der Waals surface area contributed by atoms with Crippen molar-refractivity contribution in [2.24, 2.45) is 0 Å². The number of nitro groups is 1. The van der Waals surface area contributed by atoms with Crippen molar-refractivity contribution in [1.29, 1.82) is 0 Å². The van der Waals surface area contributed by atoms with Crippen molar-refractivity contribution in [2.75, 3.05) is 13.1 Å². The van der Waals surface area contributed by atoms with Crippen LogP contribution in [0.25, 0.3) is 10.9 Å². The number of rotatable bonds is 3. The van der Waals surface area contributed by atoms with Gasteiger partial charge in [-0.05, 0) is 38.1 Å². The third-order valence-corrected chi connectivity index (χ3v) is 3.96. The number of fused-ring (bicyclic) bond motifs is 1. The summed E-state index contributed by atoms with van der Waals surface area (Å²) in [7, 11) is 0. The van der Waals surface area contributed by atoms with Crippen LogP contribution < -0.4 is 0 Å². The van der Waals surface area contributed by atoms with Gasteiger partial charge >= 0.3 is 0 Å². The van der Waals surface area contributed by atoms with E-state index in [1.165, 1.54) is 18.7 Å². The van der Waals surface area contributed by atoms with Crippen LogP contribution in [0.3, 0.4) is 0 Å². The van der Waals surface area contributed by atoms with E-state index in [4.69, 9.17) is 0 Å². The molecule has 1 fully saturated rings. The first kappa shape index (κ1) is 13.8. The molecule has 1 aromatic carbocycles. The largest absolute Gasteiger partial charge is 0.507 e. The molecule has 3 rings (SSSR count). The van der Waals surface area contributed by atoms with Gasteiger partial charge in [0.25, 0.3) is 5.69 Å². The molecule has 0 atom stereocenters. The van der Waals surface area contributed by atoms with Crippen molar-refractivity contribution >= 4 is 16.6 Å². The van der Waals surface area contributed by atoms with Gasteiger partial charge in [0.2, 0.25) is 0 Å². The average Bonchev–Trinajstić information content (AvgIpc) is 2.51. The van der Waals surface area contributed by atoms with Gasteiger partial charge in [0.1, 0.15) is 5.75 Å². The quantitative estimate of drug-likeness (QED) is 0.693. The molecule has 0 radical (unpaired) electrons. The van der Waals surface area contributed by atoms with Crippen molar-refractivity contribution in [3.05, 3.63) is 40.1 Å². The predicted octanol–water partition coefficient (Wildman–Crippen LogP) is 2.83. The van der Waals surface area contributed by atoms with Crippen molar-refractivity contribution in [1.82, 2.24) is 9.88 Å². The Kier molecular flexibility index (Phi) is 3.70. The fraction of sp³-hybridized carbons (Fsp3) is 0.400. The molecule has 0 saturated carbocycles.